The molecule has 0 aliphatic rings. The zero-order valence-corrected chi connectivity index (χ0v) is 7.16. The Balaban J connectivity index is 2.41. The van der Waals surface area contributed by atoms with E-state index in [9.17, 15) is 4.79 Å². The minimum Gasteiger partial charge on any atom is -0.325 e. The smallest absolute Gasteiger partial charge is 0.245 e. The normalized spacial score (nSPS) is 8.92. The van der Waals surface area contributed by atoms with E-state index < -0.39 is 0 Å². The first-order valence-corrected chi connectivity index (χ1v) is 3.86. The number of nitrogens with zero attached hydrogens (tertiary/aromatic N) is 1. The number of para-hydroxylation sites is 1. The number of anilines is 1. The average Bonchev–Trinajstić information content (AvgIpc) is 2.16. The minimum absolute atomic E-state index is 0.137. The molecule has 1 rings (SSSR count). The molecule has 13 heavy (non-hydrogen) atoms. The maximum Gasteiger partial charge on any atom is 0.245 e. The van der Waals surface area contributed by atoms with E-state index in [0.717, 1.165) is 5.69 Å². The maximum absolute atomic E-state index is 11.1. The topological polar surface area (TPSA) is 53.5 Å². The number of carbonyl (C=O) groups excluding carboxylic acids is 1. The number of amides is 1. The van der Waals surface area contributed by atoms with Crippen molar-refractivity contribution < 1.29 is 4.79 Å². The van der Waals surface area contributed by atoms with Gasteiger partial charge in [0.05, 0.1) is 0 Å². The van der Waals surface area contributed by atoms with Crippen molar-refractivity contribution in [1.82, 2.24) is 5.43 Å². The summed E-state index contributed by atoms with van der Waals surface area (Å²) in [7, 11) is 0. The second kappa shape index (κ2) is 4.92. The van der Waals surface area contributed by atoms with Gasteiger partial charge in [-0.2, -0.15) is 5.10 Å². The van der Waals surface area contributed by atoms with Gasteiger partial charge in [0.2, 0.25) is 5.91 Å². The van der Waals surface area contributed by atoms with Crippen LogP contribution in [0.3, 0.4) is 0 Å². The monoisotopic (exact) mass is 177 g/mol. The Morgan fingerprint density at radius 2 is 2.08 bits per heavy atom. The molecule has 0 spiro atoms. The molecule has 1 amide bonds. The second-order valence-corrected chi connectivity index (χ2v) is 2.41. The van der Waals surface area contributed by atoms with Gasteiger partial charge >= 0.3 is 0 Å². The van der Waals surface area contributed by atoms with Crippen molar-refractivity contribution in [2.24, 2.45) is 5.10 Å². The van der Waals surface area contributed by atoms with Crippen LogP contribution in [-0.4, -0.2) is 19.2 Å². The van der Waals surface area contributed by atoms with Crippen molar-refractivity contribution in [2.75, 3.05) is 11.9 Å². The van der Waals surface area contributed by atoms with Gasteiger partial charge in [0.15, 0.2) is 0 Å². The van der Waals surface area contributed by atoms with Crippen LogP contribution in [0.25, 0.3) is 0 Å². The summed E-state index contributed by atoms with van der Waals surface area (Å²) >= 11 is 0. The van der Waals surface area contributed by atoms with Gasteiger partial charge in [-0.1, -0.05) is 18.2 Å². The van der Waals surface area contributed by atoms with Gasteiger partial charge in [-0.25, -0.2) is 0 Å². The van der Waals surface area contributed by atoms with Gasteiger partial charge in [-0.3, -0.25) is 4.79 Å². The van der Waals surface area contributed by atoms with Gasteiger partial charge in [0, 0.05) is 12.4 Å². The van der Waals surface area contributed by atoms with Crippen molar-refractivity contribution in [3.8, 4) is 0 Å². The molecule has 0 aliphatic heterocycles. The Morgan fingerprint density at radius 1 is 1.38 bits per heavy atom. The van der Waals surface area contributed by atoms with E-state index >= 15 is 0 Å². The van der Waals surface area contributed by atoms with Crippen molar-refractivity contribution in [2.45, 2.75) is 0 Å². The zero-order chi connectivity index (χ0) is 9.52. The summed E-state index contributed by atoms with van der Waals surface area (Å²) in [5.41, 5.74) is 3.25. The largest absolute Gasteiger partial charge is 0.325 e. The summed E-state index contributed by atoms with van der Waals surface area (Å²) < 4.78 is 0. The number of hydrogen-bond donors (Lipinski definition) is 2. The molecular formula is C9H11N3O. The molecule has 4 nitrogen and oxygen atoms in total. The first-order chi connectivity index (χ1) is 6.33. The third kappa shape index (κ3) is 3.37. The van der Waals surface area contributed by atoms with Gasteiger partial charge in [0.25, 0.3) is 0 Å². The van der Waals surface area contributed by atoms with E-state index in [-0.39, 0.29) is 12.5 Å². The Kier molecular flexibility index (Phi) is 3.50. The Morgan fingerprint density at radius 3 is 2.69 bits per heavy atom. The Hall–Kier alpha value is -1.84. The lowest BCUT2D eigenvalue weighted by atomic mass is 10.3. The van der Waals surface area contributed by atoms with Crippen LogP contribution < -0.4 is 10.7 Å². The van der Waals surface area contributed by atoms with Crippen LogP contribution in [-0.2, 0) is 4.79 Å². The molecule has 68 valence electrons. The molecular weight excluding hydrogens is 166 g/mol. The number of nitrogens with one attached hydrogen (secondary N) is 2. The molecule has 1 aromatic rings. The highest BCUT2D eigenvalue weighted by atomic mass is 16.2. The lowest BCUT2D eigenvalue weighted by Gasteiger charge is -2.03. The maximum atomic E-state index is 11.1. The molecule has 2 N–H and O–H groups in total. The quantitative estimate of drug-likeness (QED) is 0.528. The van der Waals surface area contributed by atoms with Crippen LogP contribution in [0.2, 0.25) is 0 Å². The molecule has 0 unspecified atom stereocenters. The minimum atomic E-state index is -0.140. The first-order valence-electron chi connectivity index (χ1n) is 3.86. The molecule has 0 bridgehead atoms. The Bertz CT molecular complexity index is 284. The van der Waals surface area contributed by atoms with E-state index in [2.05, 4.69) is 22.6 Å². The first kappa shape index (κ1) is 9.25. The lowest BCUT2D eigenvalue weighted by Crippen LogP contribution is -2.24. The molecule has 1 aromatic carbocycles. The molecule has 0 fully saturated rings. The van der Waals surface area contributed by atoms with Crippen molar-refractivity contribution in [1.29, 1.82) is 0 Å². The van der Waals surface area contributed by atoms with Gasteiger partial charge in [-0.05, 0) is 12.1 Å². The molecule has 0 radical (unpaired) electrons. The molecule has 0 aliphatic carbocycles. The van der Waals surface area contributed by atoms with E-state index in [1.54, 1.807) is 0 Å². The number of hydrogen-bond acceptors (Lipinski definition) is 3. The van der Waals surface area contributed by atoms with E-state index in [4.69, 9.17) is 0 Å². The van der Waals surface area contributed by atoms with E-state index in [0.29, 0.717) is 0 Å². The van der Waals surface area contributed by atoms with Crippen molar-refractivity contribution >= 4 is 18.3 Å². The van der Waals surface area contributed by atoms with Crippen LogP contribution in [0.1, 0.15) is 0 Å². The number of hydrazone groups is 1. The SMILES string of the molecule is C=NNCC(=O)Nc1ccccc1. The molecule has 0 saturated heterocycles. The third-order valence-corrected chi connectivity index (χ3v) is 1.41. The van der Waals surface area contributed by atoms with Crippen LogP contribution in [0.15, 0.2) is 35.4 Å². The summed E-state index contributed by atoms with van der Waals surface area (Å²) in [5, 5.41) is 6.04. The second-order valence-electron chi connectivity index (χ2n) is 2.41. The fraction of sp³-hybridized carbons (Fsp3) is 0.111. The third-order valence-electron chi connectivity index (χ3n) is 1.41. The molecule has 4 heteroatoms. The summed E-state index contributed by atoms with van der Waals surface area (Å²) in [5.74, 6) is -0.140. The fourth-order valence-corrected chi connectivity index (χ4v) is 0.854. The standard InChI is InChI=1S/C9H11N3O/c1-10-11-7-9(13)12-8-5-3-2-4-6-8/h2-6,11H,1,7H2,(H,12,13). The van der Waals surface area contributed by atoms with Gasteiger partial charge < -0.3 is 10.7 Å². The predicted molar refractivity (Wildman–Crippen MR) is 52.6 cm³/mol. The highest BCUT2D eigenvalue weighted by Gasteiger charge is 1.98. The molecule has 0 aromatic heterocycles. The van der Waals surface area contributed by atoms with E-state index in [1.165, 1.54) is 0 Å². The molecule has 0 saturated carbocycles. The number of benzene rings is 1. The summed E-state index contributed by atoms with van der Waals surface area (Å²) in [6, 6.07) is 9.24. The van der Waals surface area contributed by atoms with E-state index in [1.807, 2.05) is 30.3 Å². The van der Waals surface area contributed by atoms with Crippen molar-refractivity contribution in [3.63, 3.8) is 0 Å². The van der Waals surface area contributed by atoms with Gasteiger partial charge in [-0.15, -0.1) is 0 Å². The molecule has 0 atom stereocenters. The average molecular weight is 177 g/mol. The lowest BCUT2D eigenvalue weighted by molar-refractivity contribution is -0.115. The predicted octanol–water partition coefficient (Wildman–Crippen LogP) is 0.830. The fourth-order valence-electron chi connectivity index (χ4n) is 0.854. The summed E-state index contributed by atoms with van der Waals surface area (Å²) in [6.45, 7) is 3.34. The molecule has 0 heterocycles. The van der Waals surface area contributed by atoms with Crippen LogP contribution in [0.5, 0.6) is 0 Å². The van der Waals surface area contributed by atoms with Crippen LogP contribution in [0.4, 0.5) is 5.69 Å². The highest BCUT2D eigenvalue weighted by molar-refractivity contribution is 5.92. The van der Waals surface area contributed by atoms with Crippen molar-refractivity contribution in [3.05, 3.63) is 30.3 Å². The van der Waals surface area contributed by atoms with Gasteiger partial charge in [0.1, 0.15) is 6.54 Å². The summed E-state index contributed by atoms with van der Waals surface area (Å²) in [4.78, 5) is 11.1. The van der Waals surface area contributed by atoms with Crippen LogP contribution in [0, 0.1) is 0 Å². The zero-order valence-electron chi connectivity index (χ0n) is 7.16. The number of rotatable bonds is 4. The van der Waals surface area contributed by atoms with Crippen LogP contribution >= 0.6 is 0 Å². The highest BCUT2D eigenvalue weighted by Crippen LogP contribution is 2.03. The Labute approximate surface area is 76.7 Å². The summed E-state index contributed by atoms with van der Waals surface area (Å²) in [6.07, 6.45) is 0. The number of carbonyl (C=O) groups is 1.